The van der Waals surface area contributed by atoms with Gasteiger partial charge in [0.25, 0.3) is 0 Å². The minimum atomic E-state index is 0.00213. The Morgan fingerprint density at radius 3 is 2.94 bits per heavy atom. The highest BCUT2D eigenvalue weighted by atomic mass is 32.1. The molecule has 0 saturated carbocycles. The summed E-state index contributed by atoms with van der Waals surface area (Å²) in [5.74, 6) is 0.692. The zero-order valence-corrected chi connectivity index (χ0v) is 11.0. The molecule has 2 aromatic heterocycles. The Hall–Kier alpha value is -1.81. The van der Waals surface area contributed by atoms with E-state index >= 15 is 0 Å². The molecular formula is C14H15NO2S. The van der Waals surface area contributed by atoms with Crippen LogP contribution in [0.4, 0.5) is 0 Å². The average Bonchev–Trinajstić information content (AvgIpc) is 3.06. The fourth-order valence-electron chi connectivity index (χ4n) is 1.58. The van der Waals surface area contributed by atoms with E-state index in [9.17, 15) is 4.79 Å². The van der Waals surface area contributed by atoms with Crippen LogP contribution >= 0.6 is 11.3 Å². The zero-order valence-electron chi connectivity index (χ0n) is 10.2. The third-order valence-electron chi connectivity index (χ3n) is 2.55. The molecule has 0 atom stereocenters. The summed E-state index contributed by atoms with van der Waals surface area (Å²) in [6, 6.07) is 7.65. The van der Waals surface area contributed by atoms with Crippen LogP contribution in [0, 0.1) is 0 Å². The van der Waals surface area contributed by atoms with Crippen molar-refractivity contribution >= 4 is 23.3 Å². The summed E-state index contributed by atoms with van der Waals surface area (Å²) >= 11 is 1.66. The summed E-state index contributed by atoms with van der Waals surface area (Å²) in [5.41, 5.74) is 0. The Morgan fingerprint density at radius 1 is 1.44 bits per heavy atom. The number of hydrogen-bond donors (Lipinski definition) is 0. The van der Waals surface area contributed by atoms with Crippen LogP contribution in [0.1, 0.15) is 17.6 Å². The van der Waals surface area contributed by atoms with Gasteiger partial charge in [-0.05, 0) is 36.6 Å². The number of nitrogens with zero attached hydrogens (tertiary/aromatic N) is 1. The molecule has 0 aromatic carbocycles. The van der Waals surface area contributed by atoms with Crippen LogP contribution in [0.25, 0.3) is 6.08 Å². The second kappa shape index (κ2) is 6.21. The lowest BCUT2D eigenvalue weighted by molar-refractivity contribution is -0.126. The van der Waals surface area contributed by atoms with Crippen LogP contribution in [-0.4, -0.2) is 17.4 Å². The molecule has 94 valence electrons. The number of thiophene rings is 1. The second-order valence-corrected chi connectivity index (χ2v) is 4.81. The molecule has 0 bridgehead atoms. The first-order valence-electron chi connectivity index (χ1n) is 5.82. The molecule has 0 fully saturated rings. The fraction of sp³-hybridized carbons (Fsp3) is 0.214. The third-order valence-corrected chi connectivity index (χ3v) is 3.41. The molecule has 0 aliphatic heterocycles. The van der Waals surface area contributed by atoms with E-state index in [0.29, 0.717) is 18.8 Å². The molecule has 18 heavy (non-hydrogen) atoms. The minimum absolute atomic E-state index is 0.00213. The van der Waals surface area contributed by atoms with Gasteiger partial charge < -0.3 is 9.32 Å². The van der Waals surface area contributed by atoms with E-state index in [1.807, 2.05) is 30.5 Å². The molecule has 0 N–H and O–H groups in total. The summed E-state index contributed by atoms with van der Waals surface area (Å²) in [4.78, 5) is 15.0. The molecule has 0 aliphatic carbocycles. The van der Waals surface area contributed by atoms with E-state index in [1.165, 1.54) is 4.88 Å². The molecule has 0 spiro atoms. The molecule has 4 heteroatoms. The maximum absolute atomic E-state index is 12.0. The smallest absolute Gasteiger partial charge is 0.247 e. The fourth-order valence-corrected chi connectivity index (χ4v) is 2.30. The van der Waals surface area contributed by atoms with E-state index in [2.05, 4.69) is 0 Å². The lowest BCUT2D eigenvalue weighted by Crippen LogP contribution is -2.28. The number of carbonyl (C=O) groups excluding carboxylic acids is 1. The Labute approximate surface area is 110 Å². The van der Waals surface area contributed by atoms with Crippen molar-refractivity contribution in [2.75, 3.05) is 6.54 Å². The van der Waals surface area contributed by atoms with Gasteiger partial charge in [0.1, 0.15) is 5.76 Å². The highest BCUT2D eigenvalue weighted by Gasteiger charge is 2.09. The monoisotopic (exact) mass is 261 g/mol. The molecule has 2 heterocycles. The molecule has 2 rings (SSSR count). The van der Waals surface area contributed by atoms with Crippen molar-refractivity contribution in [3.05, 3.63) is 52.6 Å². The lowest BCUT2D eigenvalue weighted by Gasteiger charge is -2.17. The van der Waals surface area contributed by atoms with E-state index in [-0.39, 0.29) is 5.91 Å². The van der Waals surface area contributed by atoms with Gasteiger partial charge in [-0.25, -0.2) is 0 Å². The largest absolute Gasteiger partial charge is 0.465 e. The molecule has 0 aliphatic rings. The van der Waals surface area contributed by atoms with Gasteiger partial charge in [0.15, 0.2) is 0 Å². The maximum Gasteiger partial charge on any atom is 0.247 e. The first-order chi connectivity index (χ1) is 8.79. The zero-order chi connectivity index (χ0) is 12.8. The molecular weight excluding hydrogens is 246 g/mol. The highest BCUT2D eigenvalue weighted by Crippen LogP contribution is 2.12. The first-order valence-corrected chi connectivity index (χ1v) is 6.70. The van der Waals surface area contributed by atoms with Crippen molar-refractivity contribution in [3.8, 4) is 0 Å². The van der Waals surface area contributed by atoms with Crippen LogP contribution in [0.2, 0.25) is 0 Å². The van der Waals surface area contributed by atoms with Gasteiger partial charge in [-0.3, -0.25) is 4.79 Å². The van der Waals surface area contributed by atoms with E-state index in [1.54, 1.807) is 40.7 Å². The van der Waals surface area contributed by atoms with Crippen LogP contribution in [0.5, 0.6) is 0 Å². The Kier molecular flexibility index (Phi) is 4.36. The normalized spacial score (nSPS) is 10.9. The molecule has 0 unspecified atom stereocenters. The topological polar surface area (TPSA) is 33.5 Å². The Morgan fingerprint density at radius 2 is 2.33 bits per heavy atom. The maximum atomic E-state index is 12.0. The number of furan rings is 1. The summed E-state index contributed by atoms with van der Waals surface area (Å²) in [5, 5.41) is 2.02. The summed E-state index contributed by atoms with van der Waals surface area (Å²) in [7, 11) is 0. The third kappa shape index (κ3) is 3.34. The Balaban J connectivity index is 1.97. The summed E-state index contributed by atoms with van der Waals surface area (Å²) < 4.78 is 5.15. The van der Waals surface area contributed by atoms with Crippen molar-refractivity contribution in [2.24, 2.45) is 0 Å². The first kappa shape index (κ1) is 12.6. The molecule has 0 saturated heterocycles. The number of amides is 1. The minimum Gasteiger partial charge on any atom is -0.465 e. The predicted molar refractivity (Wildman–Crippen MR) is 73.2 cm³/mol. The molecule has 1 amide bonds. The van der Waals surface area contributed by atoms with Crippen molar-refractivity contribution in [1.82, 2.24) is 4.90 Å². The number of likely N-dealkylation sites (N-methyl/N-ethyl adjacent to an activating group) is 1. The van der Waals surface area contributed by atoms with Gasteiger partial charge in [0.2, 0.25) is 5.91 Å². The van der Waals surface area contributed by atoms with E-state index in [4.69, 9.17) is 4.42 Å². The Bertz CT molecular complexity index is 500. The van der Waals surface area contributed by atoms with Crippen molar-refractivity contribution in [1.29, 1.82) is 0 Å². The molecule has 3 nitrogen and oxygen atoms in total. The van der Waals surface area contributed by atoms with Gasteiger partial charge in [0, 0.05) is 17.5 Å². The van der Waals surface area contributed by atoms with Crippen molar-refractivity contribution in [2.45, 2.75) is 13.5 Å². The van der Waals surface area contributed by atoms with Gasteiger partial charge >= 0.3 is 0 Å². The average molecular weight is 261 g/mol. The lowest BCUT2D eigenvalue weighted by atomic mass is 10.3. The van der Waals surface area contributed by atoms with Crippen LogP contribution in [-0.2, 0) is 11.3 Å². The van der Waals surface area contributed by atoms with Crippen LogP contribution in [0.15, 0.2) is 46.4 Å². The van der Waals surface area contributed by atoms with Crippen LogP contribution < -0.4 is 0 Å². The SMILES string of the molecule is CCN(Cc1cccs1)C(=O)C=Cc1ccco1. The summed E-state index contributed by atoms with van der Waals surface area (Å²) in [6.07, 6.45) is 4.84. The molecule has 2 aromatic rings. The second-order valence-electron chi connectivity index (χ2n) is 3.78. The predicted octanol–water partition coefficient (Wildman–Crippen LogP) is 3.40. The number of carbonyl (C=O) groups is 1. The van der Waals surface area contributed by atoms with Gasteiger partial charge in [-0.1, -0.05) is 6.07 Å². The van der Waals surface area contributed by atoms with Gasteiger partial charge in [0.05, 0.1) is 12.8 Å². The number of hydrogen-bond acceptors (Lipinski definition) is 3. The van der Waals surface area contributed by atoms with Crippen molar-refractivity contribution in [3.63, 3.8) is 0 Å². The summed E-state index contributed by atoms with van der Waals surface area (Å²) in [6.45, 7) is 3.33. The van der Waals surface area contributed by atoms with E-state index < -0.39 is 0 Å². The molecule has 0 radical (unpaired) electrons. The highest BCUT2D eigenvalue weighted by molar-refractivity contribution is 7.09. The standard InChI is InChI=1S/C14H15NO2S/c1-2-15(11-13-6-4-10-18-13)14(16)8-7-12-5-3-9-17-12/h3-10H,2,11H2,1H3. The van der Waals surface area contributed by atoms with Gasteiger partial charge in [-0.2, -0.15) is 0 Å². The van der Waals surface area contributed by atoms with E-state index in [0.717, 1.165) is 0 Å². The van der Waals surface area contributed by atoms with Crippen molar-refractivity contribution < 1.29 is 9.21 Å². The quantitative estimate of drug-likeness (QED) is 0.773. The number of rotatable bonds is 5. The van der Waals surface area contributed by atoms with Crippen LogP contribution in [0.3, 0.4) is 0 Å². The van der Waals surface area contributed by atoms with Gasteiger partial charge in [-0.15, -0.1) is 11.3 Å².